The molecular weight excluding hydrogens is 266 g/mol. The lowest BCUT2D eigenvalue weighted by Crippen LogP contribution is -2.35. The number of fused-ring (bicyclic) bond motifs is 1. The first-order valence-electron chi connectivity index (χ1n) is 7.50. The van der Waals surface area contributed by atoms with Gasteiger partial charge in [0.1, 0.15) is 5.75 Å². The number of hydrogen-bond donors (Lipinski definition) is 1. The van der Waals surface area contributed by atoms with Gasteiger partial charge in [-0.1, -0.05) is 37.2 Å². The molecule has 1 aromatic heterocycles. The van der Waals surface area contributed by atoms with Crippen LogP contribution in [0.25, 0.3) is 0 Å². The fourth-order valence-corrected chi connectivity index (χ4v) is 2.65. The summed E-state index contributed by atoms with van der Waals surface area (Å²) < 4.78 is 11.2. The molecule has 2 heterocycles. The molecule has 1 aromatic carbocycles. The molecule has 0 bridgehead atoms. The smallest absolute Gasteiger partial charge is 0.246 e. The Morgan fingerprint density at radius 2 is 2.05 bits per heavy atom. The number of para-hydroxylation sites is 1. The Labute approximate surface area is 124 Å². The van der Waals surface area contributed by atoms with Gasteiger partial charge in [0, 0.05) is 0 Å². The molecule has 112 valence electrons. The van der Waals surface area contributed by atoms with Gasteiger partial charge in [-0.3, -0.25) is 0 Å². The van der Waals surface area contributed by atoms with Crippen LogP contribution >= 0.6 is 0 Å². The van der Waals surface area contributed by atoms with Gasteiger partial charge in [0.2, 0.25) is 5.89 Å². The minimum Gasteiger partial charge on any atom is -0.493 e. The Hall–Kier alpha value is -1.88. The molecule has 1 aliphatic heterocycles. The average molecular weight is 287 g/mol. The normalized spacial score (nSPS) is 18.1. The van der Waals surface area contributed by atoms with Crippen LogP contribution in [0, 0.1) is 0 Å². The highest BCUT2D eigenvalue weighted by Gasteiger charge is 2.32. The van der Waals surface area contributed by atoms with Gasteiger partial charge in [-0.05, 0) is 30.9 Å². The summed E-state index contributed by atoms with van der Waals surface area (Å²) in [6.45, 7) is 4.65. The van der Waals surface area contributed by atoms with Crippen LogP contribution in [0.1, 0.15) is 49.9 Å². The summed E-state index contributed by atoms with van der Waals surface area (Å²) in [5.41, 5.74) is 6.97. The van der Waals surface area contributed by atoms with Crippen molar-refractivity contribution in [3.8, 4) is 5.75 Å². The fraction of sp³-hybridized carbons (Fsp3) is 0.500. The molecule has 1 atom stereocenters. The number of ether oxygens (including phenoxy) is 1. The Morgan fingerprint density at radius 3 is 2.81 bits per heavy atom. The van der Waals surface area contributed by atoms with E-state index in [0.717, 1.165) is 25.0 Å². The topological polar surface area (TPSA) is 74.2 Å². The van der Waals surface area contributed by atoms with Gasteiger partial charge < -0.3 is 15.0 Å². The summed E-state index contributed by atoms with van der Waals surface area (Å²) in [7, 11) is 0. The molecule has 1 aliphatic rings. The van der Waals surface area contributed by atoms with Crippen LogP contribution in [0.4, 0.5) is 0 Å². The van der Waals surface area contributed by atoms with Gasteiger partial charge in [0.15, 0.2) is 5.82 Å². The predicted molar refractivity (Wildman–Crippen MR) is 79.1 cm³/mol. The quantitative estimate of drug-likeness (QED) is 0.936. The molecule has 5 nitrogen and oxygen atoms in total. The first kappa shape index (κ1) is 14.1. The van der Waals surface area contributed by atoms with Crippen LogP contribution in [0.2, 0.25) is 0 Å². The minimum absolute atomic E-state index is 0.121. The third kappa shape index (κ3) is 2.53. The maximum Gasteiger partial charge on any atom is 0.246 e. The maximum absolute atomic E-state index is 6.31. The number of rotatable bonds is 4. The molecule has 1 unspecified atom stereocenters. The Morgan fingerprint density at radius 1 is 1.29 bits per heavy atom. The zero-order valence-electron chi connectivity index (χ0n) is 12.5. The number of benzene rings is 1. The van der Waals surface area contributed by atoms with Gasteiger partial charge in [-0.15, -0.1) is 0 Å². The van der Waals surface area contributed by atoms with E-state index < -0.39 is 5.54 Å². The zero-order valence-corrected chi connectivity index (χ0v) is 12.5. The van der Waals surface area contributed by atoms with Gasteiger partial charge in [0.25, 0.3) is 0 Å². The second kappa shape index (κ2) is 5.48. The molecule has 2 N–H and O–H groups in total. The summed E-state index contributed by atoms with van der Waals surface area (Å²) in [5.74, 6) is 2.29. The highest BCUT2D eigenvalue weighted by Crippen LogP contribution is 2.32. The standard InChI is InChI=1S/C16H21N3O2/c1-3-16(17,4-2)15-18-14(19-21-15)12-9-11-7-5-6-8-13(11)20-10-12/h5-8,12H,3-4,9-10,17H2,1-2H3. The highest BCUT2D eigenvalue weighted by atomic mass is 16.5. The third-order valence-corrected chi connectivity index (χ3v) is 4.37. The van der Waals surface area contributed by atoms with E-state index in [1.807, 2.05) is 32.0 Å². The first-order chi connectivity index (χ1) is 10.2. The number of hydrogen-bond acceptors (Lipinski definition) is 5. The molecule has 0 aliphatic carbocycles. The summed E-state index contributed by atoms with van der Waals surface area (Å²) in [6.07, 6.45) is 2.41. The van der Waals surface area contributed by atoms with E-state index in [1.54, 1.807) is 0 Å². The third-order valence-electron chi connectivity index (χ3n) is 4.37. The van der Waals surface area contributed by atoms with Crippen molar-refractivity contribution in [1.29, 1.82) is 0 Å². The molecule has 0 amide bonds. The second-order valence-electron chi connectivity index (χ2n) is 5.64. The van der Waals surface area contributed by atoms with Crippen molar-refractivity contribution in [2.45, 2.75) is 44.6 Å². The lowest BCUT2D eigenvalue weighted by molar-refractivity contribution is 0.248. The predicted octanol–water partition coefficient (Wildman–Crippen LogP) is 2.76. The molecule has 21 heavy (non-hydrogen) atoms. The van der Waals surface area contributed by atoms with Crippen molar-refractivity contribution < 1.29 is 9.26 Å². The summed E-state index contributed by atoms with van der Waals surface area (Å²) >= 11 is 0. The zero-order chi connectivity index (χ0) is 14.9. The van der Waals surface area contributed by atoms with Crippen LogP contribution in [-0.4, -0.2) is 16.7 Å². The molecule has 0 spiro atoms. The molecule has 0 saturated carbocycles. The number of nitrogens with zero attached hydrogens (tertiary/aromatic N) is 2. The van der Waals surface area contributed by atoms with E-state index in [0.29, 0.717) is 18.3 Å². The molecule has 0 fully saturated rings. The van der Waals surface area contributed by atoms with E-state index in [1.165, 1.54) is 5.56 Å². The van der Waals surface area contributed by atoms with Crippen LogP contribution in [0.5, 0.6) is 5.75 Å². The molecular formula is C16H21N3O2. The van der Waals surface area contributed by atoms with Gasteiger partial charge in [-0.25, -0.2) is 0 Å². The van der Waals surface area contributed by atoms with E-state index in [9.17, 15) is 0 Å². The molecule has 0 radical (unpaired) electrons. The van der Waals surface area contributed by atoms with Gasteiger partial charge in [-0.2, -0.15) is 4.98 Å². The molecule has 5 heteroatoms. The molecule has 3 rings (SSSR count). The van der Waals surface area contributed by atoms with Crippen LogP contribution in [0.3, 0.4) is 0 Å². The van der Waals surface area contributed by atoms with Crippen LogP contribution in [0.15, 0.2) is 28.8 Å². The van der Waals surface area contributed by atoms with Gasteiger partial charge in [0.05, 0.1) is 18.1 Å². The van der Waals surface area contributed by atoms with Crippen LogP contribution < -0.4 is 10.5 Å². The van der Waals surface area contributed by atoms with E-state index in [4.69, 9.17) is 15.0 Å². The van der Waals surface area contributed by atoms with Crippen molar-refractivity contribution in [2.75, 3.05) is 6.61 Å². The van der Waals surface area contributed by atoms with E-state index >= 15 is 0 Å². The summed E-state index contributed by atoms with van der Waals surface area (Å²) in [5, 5.41) is 4.13. The summed E-state index contributed by atoms with van der Waals surface area (Å²) in [4.78, 5) is 4.54. The lowest BCUT2D eigenvalue weighted by atomic mass is 9.93. The molecule has 0 saturated heterocycles. The number of nitrogens with two attached hydrogens (primary N) is 1. The van der Waals surface area contributed by atoms with Crippen molar-refractivity contribution in [1.82, 2.24) is 10.1 Å². The van der Waals surface area contributed by atoms with E-state index in [2.05, 4.69) is 16.2 Å². The van der Waals surface area contributed by atoms with Crippen molar-refractivity contribution in [3.05, 3.63) is 41.5 Å². The maximum atomic E-state index is 6.31. The minimum atomic E-state index is -0.529. The van der Waals surface area contributed by atoms with E-state index in [-0.39, 0.29) is 5.92 Å². The largest absolute Gasteiger partial charge is 0.493 e. The molecule has 2 aromatic rings. The second-order valence-corrected chi connectivity index (χ2v) is 5.64. The van der Waals surface area contributed by atoms with Crippen molar-refractivity contribution in [3.63, 3.8) is 0 Å². The van der Waals surface area contributed by atoms with Gasteiger partial charge >= 0.3 is 0 Å². The van der Waals surface area contributed by atoms with Crippen molar-refractivity contribution in [2.24, 2.45) is 5.73 Å². The Bertz CT molecular complexity index is 619. The number of aromatic nitrogens is 2. The summed E-state index contributed by atoms with van der Waals surface area (Å²) in [6, 6.07) is 8.07. The Kier molecular flexibility index (Phi) is 3.68. The lowest BCUT2D eigenvalue weighted by Gasteiger charge is -2.23. The fourth-order valence-electron chi connectivity index (χ4n) is 2.65. The Balaban J connectivity index is 1.82. The monoisotopic (exact) mass is 287 g/mol. The highest BCUT2D eigenvalue weighted by molar-refractivity contribution is 5.36. The van der Waals surface area contributed by atoms with Crippen LogP contribution in [-0.2, 0) is 12.0 Å². The first-order valence-corrected chi connectivity index (χ1v) is 7.50. The van der Waals surface area contributed by atoms with Crippen molar-refractivity contribution >= 4 is 0 Å². The average Bonchev–Trinajstić information content (AvgIpc) is 3.04. The SMILES string of the molecule is CCC(N)(CC)c1nc(C2COc3ccccc3C2)no1.